The molecule has 120 valence electrons. The normalized spacial score (nSPS) is 16.7. The number of hydrogen-bond acceptors (Lipinski definition) is 2. The Balaban J connectivity index is 0.00000220. The molecule has 1 aliphatic rings. The summed E-state index contributed by atoms with van der Waals surface area (Å²) in [4.78, 5) is 0. The van der Waals surface area contributed by atoms with E-state index in [0.29, 0.717) is 6.04 Å². The van der Waals surface area contributed by atoms with E-state index in [1.807, 2.05) is 13.0 Å². The molecule has 21 heavy (non-hydrogen) atoms. The Morgan fingerprint density at radius 3 is 2.48 bits per heavy atom. The first-order valence-corrected chi connectivity index (χ1v) is 8.73. The maximum Gasteiger partial charge on any atom is 0.123 e. The first-order chi connectivity index (χ1) is 9.79. The van der Waals surface area contributed by atoms with Crippen LogP contribution >= 0.6 is 28.3 Å². The Labute approximate surface area is 143 Å². The molecule has 1 N–H and O–H groups in total. The molecular formula is C17H27BrClNO. The van der Waals surface area contributed by atoms with Gasteiger partial charge in [-0.3, -0.25) is 0 Å². The maximum absolute atomic E-state index is 5.72. The third-order valence-corrected chi connectivity index (χ3v) is 4.50. The molecule has 1 fully saturated rings. The molecule has 0 aromatic heterocycles. The topological polar surface area (TPSA) is 21.3 Å². The summed E-state index contributed by atoms with van der Waals surface area (Å²) in [6.45, 7) is 3.66. The average molecular weight is 377 g/mol. The molecule has 1 aliphatic carbocycles. The Bertz CT molecular complexity index is 406. The van der Waals surface area contributed by atoms with E-state index >= 15 is 0 Å². The number of nitrogens with one attached hydrogen (secondary N) is 1. The highest BCUT2D eigenvalue weighted by molar-refractivity contribution is 9.10. The van der Waals surface area contributed by atoms with Gasteiger partial charge in [0.2, 0.25) is 0 Å². The van der Waals surface area contributed by atoms with Crippen molar-refractivity contribution < 1.29 is 4.74 Å². The van der Waals surface area contributed by atoms with Crippen LogP contribution in [0.15, 0.2) is 22.7 Å². The molecule has 4 heteroatoms. The third kappa shape index (κ3) is 6.58. The van der Waals surface area contributed by atoms with Crippen LogP contribution in [0.5, 0.6) is 5.75 Å². The average Bonchev–Trinajstić information content (AvgIpc) is 2.40. The van der Waals surface area contributed by atoms with Gasteiger partial charge in [0.15, 0.2) is 0 Å². The van der Waals surface area contributed by atoms with Gasteiger partial charge in [-0.25, -0.2) is 0 Å². The zero-order valence-electron chi connectivity index (χ0n) is 12.9. The largest absolute Gasteiger partial charge is 0.494 e. The lowest BCUT2D eigenvalue weighted by molar-refractivity contribution is 0.332. The Morgan fingerprint density at radius 1 is 1.14 bits per heavy atom. The highest BCUT2D eigenvalue weighted by atomic mass is 79.9. The van der Waals surface area contributed by atoms with Crippen LogP contribution < -0.4 is 10.1 Å². The lowest BCUT2D eigenvalue weighted by atomic mass is 9.96. The molecular weight excluding hydrogens is 350 g/mol. The van der Waals surface area contributed by atoms with Crippen LogP contribution in [0, 0.1) is 0 Å². The van der Waals surface area contributed by atoms with Crippen molar-refractivity contribution in [2.45, 2.75) is 64.5 Å². The summed E-state index contributed by atoms with van der Waals surface area (Å²) in [7, 11) is 0. The Hall–Kier alpha value is -0.250. The van der Waals surface area contributed by atoms with E-state index in [9.17, 15) is 0 Å². The molecule has 1 aromatic rings. The second-order valence-electron chi connectivity index (χ2n) is 5.61. The molecule has 0 amide bonds. The monoisotopic (exact) mass is 375 g/mol. The minimum atomic E-state index is 0. The first-order valence-electron chi connectivity index (χ1n) is 7.94. The summed E-state index contributed by atoms with van der Waals surface area (Å²) in [5, 5.41) is 3.73. The number of halogens is 2. The molecule has 0 bridgehead atoms. The summed E-state index contributed by atoms with van der Waals surface area (Å²) < 4.78 is 6.84. The summed E-state index contributed by atoms with van der Waals surface area (Å²) in [6, 6.07) is 6.94. The van der Waals surface area contributed by atoms with E-state index in [0.717, 1.165) is 23.4 Å². The van der Waals surface area contributed by atoms with Gasteiger partial charge in [-0.1, -0.05) is 48.0 Å². The molecule has 0 radical (unpaired) electrons. The Kier molecular flexibility index (Phi) is 9.37. The van der Waals surface area contributed by atoms with E-state index in [1.54, 1.807) is 0 Å². The van der Waals surface area contributed by atoms with Gasteiger partial charge >= 0.3 is 0 Å². The van der Waals surface area contributed by atoms with Gasteiger partial charge < -0.3 is 10.1 Å². The van der Waals surface area contributed by atoms with Crippen molar-refractivity contribution in [3.05, 3.63) is 28.2 Å². The summed E-state index contributed by atoms with van der Waals surface area (Å²) >= 11 is 3.55. The molecule has 2 rings (SSSR count). The number of hydrogen-bond donors (Lipinski definition) is 1. The van der Waals surface area contributed by atoms with Crippen LogP contribution in [-0.2, 0) is 6.54 Å². The van der Waals surface area contributed by atoms with Gasteiger partial charge in [0, 0.05) is 22.6 Å². The van der Waals surface area contributed by atoms with Gasteiger partial charge in [-0.05, 0) is 38.0 Å². The van der Waals surface area contributed by atoms with Crippen molar-refractivity contribution in [3.8, 4) is 5.75 Å². The van der Waals surface area contributed by atoms with E-state index < -0.39 is 0 Å². The van der Waals surface area contributed by atoms with Gasteiger partial charge in [-0.15, -0.1) is 12.4 Å². The standard InChI is InChI=1S/C17H26BrNO.ClH/c1-2-20-17-11-10-15(18)12-14(17)13-19-16-8-6-4-3-5-7-9-16;/h10-12,16,19H,2-9,13H2,1H3;1H. The zero-order chi connectivity index (χ0) is 14.2. The van der Waals surface area contributed by atoms with Crippen LogP contribution in [0.2, 0.25) is 0 Å². The smallest absolute Gasteiger partial charge is 0.123 e. The molecule has 0 aliphatic heterocycles. The minimum Gasteiger partial charge on any atom is -0.494 e. The quantitative estimate of drug-likeness (QED) is 0.735. The SMILES string of the molecule is CCOc1ccc(Br)cc1CNC1CCCCCCC1.Cl. The van der Waals surface area contributed by atoms with Crippen molar-refractivity contribution in [2.75, 3.05) is 6.61 Å². The van der Waals surface area contributed by atoms with Crippen molar-refractivity contribution >= 4 is 28.3 Å². The number of benzene rings is 1. The molecule has 1 aromatic carbocycles. The van der Waals surface area contributed by atoms with E-state index in [4.69, 9.17) is 4.74 Å². The maximum atomic E-state index is 5.72. The Morgan fingerprint density at radius 2 is 1.81 bits per heavy atom. The molecule has 1 saturated carbocycles. The van der Waals surface area contributed by atoms with Crippen LogP contribution in [0.1, 0.15) is 57.4 Å². The van der Waals surface area contributed by atoms with Crippen molar-refractivity contribution in [3.63, 3.8) is 0 Å². The fraction of sp³-hybridized carbons (Fsp3) is 0.647. The van der Waals surface area contributed by atoms with Gasteiger partial charge in [0.25, 0.3) is 0 Å². The van der Waals surface area contributed by atoms with Gasteiger partial charge in [0.1, 0.15) is 5.75 Å². The van der Waals surface area contributed by atoms with E-state index in [1.165, 1.54) is 50.5 Å². The molecule has 0 heterocycles. The lowest BCUT2D eigenvalue weighted by Gasteiger charge is -2.22. The van der Waals surface area contributed by atoms with Gasteiger partial charge in [-0.2, -0.15) is 0 Å². The van der Waals surface area contributed by atoms with Crippen LogP contribution in [0.25, 0.3) is 0 Å². The van der Waals surface area contributed by atoms with E-state index in [-0.39, 0.29) is 12.4 Å². The predicted molar refractivity (Wildman–Crippen MR) is 95.5 cm³/mol. The van der Waals surface area contributed by atoms with Crippen molar-refractivity contribution in [2.24, 2.45) is 0 Å². The summed E-state index contributed by atoms with van der Waals surface area (Å²) in [6.07, 6.45) is 9.60. The van der Waals surface area contributed by atoms with Crippen LogP contribution in [-0.4, -0.2) is 12.6 Å². The fourth-order valence-corrected chi connectivity index (χ4v) is 3.31. The van der Waals surface area contributed by atoms with Crippen molar-refractivity contribution in [1.82, 2.24) is 5.32 Å². The van der Waals surface area contributed by atoms with Crippen molar-refractivity contribution in [1.29, 1.82) is 0 Å². The minimum absolute atomic E-state index is 0. The third-order valence-electron chi connectivity index (χ3n) is 4.01. The second kappa shape index (κ2) is 10.5. The molecule has 0 spiro atoms. The summed E-state index contributed by atoms with van der Waals surface area (Å²) in [5.74, 6) is 1.01. The zero-order valence-corrected chi connectivity index (χ0v) is 15.3. The predicted octanol–water partition coefficient (Wildman–Crippen LogP) is 5.47. The van der Waals surface area contributed by atoms with Gasteiger partial charge in [0.05, 0.1) is 6.61 Å². The fourth-order valence-electron chi connectivity index (χ4n) is 2.90. The lowest BCUT2D eigenvalue weighted by Crippen LogP contribution is -2.29. The second-order valence-corrected chi connectivity index (χ2v) is 6.52. The van der Waals surface area contributed by atoms with E-state index in [2.05, 4.69) is 33.4 Å². The highest BCUT2D eigenvalue weighted by Crippen LogP contribution is 2.24. The molecule has 0 saturated heterocycles. The highest BCUT2D eigenvalue weighted by Gasteiger charge is 2.12. The first kappa shape index (κ1) is 18.8. The summed E-state index contributed by atoms with van der Waals surface area (Å²) in [5.41, 5.74) is 1.25. The number of rotatable bonds is 5. The van der Waals surface area contributed by atoms with Crippen LogP contribution in [0.3, 0.4) is 0 Å². The molecule has 2 nitrogen and oxygen atoms in total. The molecule has 0 unspecified atom stereocenters. The number of ether oxygens (including phenoxy) is 1. The van der Waals surface area contributed by atoms with Crippen LogP contribution in [0.4, 0.5) is 0 Å². The molecule has 0 atom stereocenters.